The van der Waals surface area contributed by atoms with Crippen LogP contribution in [-0.2, 0) is 28.8 Å². The van der Waals surface area contributed by atoms with E-state index in [1.165, 1.54) is 0 Å². The van der Waals surface area contributed by atoms with Crippen LogP contribution in [0.5, 0.6) is 5.88 Å². The average molecular weight is 449 g/mol. The molecule has 0 N–H and O–H groups in total. The lowest BCUT2D eigenvalue weighted by molar-refractivity contribution is -0.141. The first-order valence-electron chi connectivity index (χ1n) is 10.4. The Bertz CT molecular complexity index is 1040. The molecule has 1 amide bonds. The highest BCUT2D eigenvalue weighted by atomic mass is 19.4. The van der Waals surface area contributed by atoms with Crippen LogP contribution in [0.4, 0.5) is 18.9 Å². The van der Waals surface area contributed by atoms with E-state index < -0.39 is 11.9 Å². The van der Waals surface area contributed by atoms with Gasteiger partial charge in [-0.05, 0) is 12.1 Å². The number of carbonyl (C=O) groups is 1. The molecule has 0 aliphatic carbocycles. The van der Waals surface area contributed by atoms with E-state index in [0.717, 1.165) is 23.5 Å². The topological polar surface area (TPSA) is 80.7 Å². The maximum Gasteiger partial charge on any atom is 0.433 e. The molecule has 2 aromatic rings. The van der Waals surface area contributed by atoms with Gasteiger partial charge >= 0.3 is 6.18 Å². The summed E-state index contributed by atoms with van der Waals surface area (Å²) in [4.78, 5) is 29.0. The van der Waals surface area contributed by atoms with Crippen molar-refractivity contribution in [2.45, 2.75) is 31.6 Å². The summed E-state index contributed by atoms with van der Waals surface area (Å²) in [5, 5.41) is 0. The lowest BCUT2D eigenvalue weighted by atomic mass is 9.95. The molecule has 2 aromatic heterocycles. The second-order valence-electron chi connectivity index (χ2n) is 8.37. The number of anilines is 1. The van der Waals surface area contributed by atoms with Crippen LogP contribution in [0.25, 0.3) is 0 Å². The van der Waals surface area contributed by atoms with Gasteiger partial charge in [0.1, 0.15) is 11.5 Å². The highest BCUT2D eigenvalue weighted by molar-refractivity contribution is 5.77. The fraction of sp³-hybridized carbons (Fsp3) is 0.524. The number of ether oxygens (including phenoxy) is 2. The molecule has 0 aromatic carbocycles. The molecule has 5 rings (SSSR count). The molecule has 2 fully saturated rings. The summed E-state index contributed by atoms with van der Waals surface area (Å²) in [5.74, 6) is 1.43. The molecule has 0 spiro atoms. The Kier molecular flexibility index (Phi) is 5.15. The van der Waals surface area contributed by atoms with Crippen molar-refractivity contribution in [2.75, 3.05) is 38.3 Å². The van der Waals surface area contributed by atoms with E-state index in [9.17, 15) is 18.0 Å². The van der Waals surface area contributed by atoms with E-state index in [0.29, 0.717) is 63.2 Å². The highest BCUT2D eigenvalue weighted by Gasteiger charge is 2.37. The number of amides is 1. The summed E-state index contributed by atoms with van der Waals surface area (Å²) in [5.41, 5.74) is 1.19. The van der Waals surface area contributed by atoms with Gasteiger partial charge in [0.15, 0.2) is 0 Å². The van der Waals surface area contributed by atoms with E-state index >= 15 is 0 Å². The van der Waals surface area contributed by atoms with Crippen molar-refractivity contribution in [3.8, 4) is 5.88 Å². The number of rotatable bonds is 5. The van der Waals surface area contributed by atoms with E-state index in [-0.39, 0.29) is 17.7 Å². The Morgan fingerprint density at radius 3 is 2.69 bits per heavy atom. The quantitative estimate of drug-likeness (QED) is 0.693. The number of nitrogens with zero attached hydrogens (tertiary/aromatic N) is 5. The van der Waals surface area contributed by atoms with Crippen LogP contribution >= 0.6 is 0 Å². The number of methoxy groups -OCH3 is 1. The molecular formula is C21H22F3N5O3. The summed E-state index contributed by atoms with van der Waals surface area (Å²) >= 11 is 0. The molecule has 170 valence electrons. The van der Waals surface area contributed by atoms with Gasteiger partial charge in [-0.3, -0.25) is 9.78 Å². The van der Waals surface area contributed by atoms with Gasteiger partial charge in [-0.2, -0.15) is 18.2 Å². The van der Waals surface area contributed by atoms with Gasteiger partial charge in [-0.1, -0.05) is 0 Å². The summed E-state index contributed by atoms with van der Waals surface area (Å²) in [6, 6.07) is 2.60. The number of aromatic nitrogens is 3. The van der Waals surface area contributed by atoms with Crippen LogP contribution in [0.2, 0.25) is 0 Å². The molecule has 11 heteroatoms. The number of alkyl halides is 3. The first kappa shape index (κ1) is 20.9. The summed E-state index contributed by atoms with van der Waals surface area (Å²) in [6.07, 6.45) is -2.98. The normalized spacial score (nSPS) is 18.9. The van der Waals surface area contributed by atoms with Crippen LogP contribution in [0.3, 0.4) is 0 Å². The standard InChI is InChI=1S/C21H22F3N5O3/c1-31-20-15-8-29(9-16(15)26-19(27-20)13-10-32-11-13)18(30)4-12-6-28(7-12)14-2-3-25-17(5-14)21(22,23)24/h2-3,5,12-13H,4,6-11H2,1H3. The minimum Gasteiger partial charge on any atom is -0.481 e. The van der Waals surface area contributed by atoms with Crippen molar-refractivity contribution in [3.05, 3.63) is 41.1 Å². The van der Waals surface area contributed by atoms with Crippen LogP contribution in [0, 0.1) is 5.92 Å². The fourth-order valence-corrected chi connectivity index (χ4v) is 4.21. The van der Waals surface area contributed by atoms with Gasteiger partial charge in [-0.25, -0.2) is 4.98 Å². The van der Waals surface area contributed by atoms with Crippen LogP contribution in [-0.4, -0.2) is 59.2 Å². The van der Waals surface area contributed by atoms with Crippen LogP contribution < -0.4 is 9.64 Å². The molecule has 0 atom stereocenters. The van der Waals surface area contributed by atoms with Gasteiger partial charge in [0.25, 0.3) is 0 Å². The van der Waals surface area contributed by atoms with Gasteiger partial charge in [-0.15, -0.1) is 0 Å². The average Bonchev–Trinajstić information content (AvgIpc) is 3.12. The largest absolute Gasteiger partial charge is 0.481 e. The zero-order valence-electron chi connectivity index (χ0n) is 17.4. The Balaban J connectivity index is 1.19. The fourth-order valence-electron chi connectivity index (χ4n) is 4.21. The highest BCUT2D eigenvalue weighted by Crippen LogP contribution is 2.35. The van der Waals surface area contributed by atoms with E-state index in [1.54, 1.807) is 18.1 Å². The van der Waals surface area contributed by atoms with Crippen LogP contribution in [0.15, 0.2) is 18.3 Å². The van der Waals surface area contributed by atoms with E-state index in [4.69, 9.17) is 9.47 Å². The van der Waals surface area contributed by atoms with Crippen molar-refractivity contribution < 1.29 is 27.4 Å². The predicted molar refractivity (Wildman–Crippen MR) is 106 cm³/mol. The van der Waals surface area contributed by atoms with Gasteiger partial charge in [0.2, 0.25) is 11.8 Å². The molecular weight excluding hydrogens is 427 g/mol. The van der Waals surface area contributed by atoms with Gasteiger partial charge in [0, 0.05) is 37.3 Å². The van der Waals surface area contributed by atoms with E-state index in [1.807, 2.05) is 4.90 Å². The van der Waals surface area contributed by atoms with Crippen LogP contribution in [0.1, 0.15) is 35.1 Å². The summed E-state index contributed by atoms with van der Waals surface area (Å²) in [7, 11) is 1.56. The molecule has 8 nitrogen and oxygen atoms in total. The SMILES string of the molecule is COc1nc(C2COC2)nc2c1CN(C(=O)CC1CN(c3ccnc(C(F)(F)F)c3)C1)C2. The maximum absolute atomic E-state index is 12.9. The molecule has 0 bridgehead atoms. The molecule has 0 saturated carbocycles. The van der Waals surface area contributed by atoms with Crippen molar-refractivity contribution in [1.29, 1.82) is 0 Å². The lowest BCUT2D eigenvalue weighted by Crippen LogP contribution is -2.48. The van der Waals surface area contributed by atoms with Crippen molar-refractivity contribution in [1.82, 2.24) is 19.9 Å². The number of halogens is 3. The second-order valence-corrected chi connectivity index (χ2v) is 8.37. The minimum absolute atomic E-state index is 0.00561. The third-order valence-corrected chi connectivity index (χ3v) is 6.13. The Morgan fingerprint density at radius 2 is 2.03 bits per heavy atom. The monoisotopic (exact) mass is 449 g/mol. The second kappa shape index (κ2) is 7.88. The molecule has 32 heavy (non-hydrogen) atoms. The number of hydrogen-bond donors (Lipinski definition) is 0. The van der Waals surface area contributed by atoms with Gasteiger partial charge in [0.05, 0.1) is 50.6 Å². The summed E-state index contributed by atoms with van der Waals surface area (Å²) in [6.45, 7) is 3.04. The first-order chi connectivity index (χ1) is 15.3. The van der Waals surface area contributed by atoms with Crippen molar-refractivity contribution >= 4 is 11.6 Å². The molecule has 5 heterocycles. The third kappa shape index (κ3) is 3.85. The number of hydrogen-bond acceptors (Lipinski definition) is 7. The molecule has 3 aliphatic heterocycles. The molecule has 3 aliphatic rings. The third-order valence-electron chi connectivity index (χ3n) is 6.13. The van der Waals surface area contributed by atoms with Crippen molar-refractivity contribution in [3.63, 3.8) is 0 Å². The van der Waals surface area contributed by atoms with E-state index in [2.05, 4.69) is 15.0 Å². The smallest absolute Gasteiger partial charge is 0.433 e. The van der Waals surface area contributed by atoms with Gasteiger partial charge < -0.3 is 19.3 Å². The first-order valence-corrected chi connectivity index (χ1v) is 10.4. The minimum atomic E-state index is -4.48. The molecule has 2 saturated heterocycles. The Morgan fingerprint density at radius 1 is 1.25 bits per heavy atom. The Hall–Kier alpha value is -2.95. The Labute approximate surface area is 182 Å². The van der Waals surface area contributed by atoms with Crippen molar-refractivity contribution in [2.24, 2.45) is 5.92 Å². The maximum atomic E-state index is 12.9. The zero-order chi connectivity index (χ0) is 22.5. The lowest BCUT2D eigenvalue weighted by Gasteiger charge is -2.41. The number of carbonyl (C=O) groups excluding carboxylic acids is 1. The predicted octanol–water partition coefficient (Wildman–Crippen LogP) is 2.38. The zero-order valence-corrected chi connectivity index (χ0v) is 17.4. The number of pyridine rings is 1. The summed E-state index contributed by atoms with van der Waals surface area (Å²) < 4.78 is 49.3. The molecule has 0 radical (unpaired) electrons. The molecule has 0 unspecified atom stereocenters. The number of fused-ring (bicyclic) bond motifs is 1.